The number of carbonyl (C=O) groups is 3. The van der Waals surface area contributed by atoms with Crippen molar-refractivity contribution in [2.45, 2.75) is 26.2 Å². The van der Waals surface area contributed by atoms with E-state index in [-0.39, 0.29) is 18.6 Å². The van der Waals surface area contributed by atoms with Gasteiger partial charge in [-0.2, -0.15) is 0 Å². The van der Waals surface area contributed by atoms with Gasteiger partial charge in [0.05, 0.1) is 13.0 Å². The molecule has 0 saturated carbocycles. The first-order valence-electron chi connectivity index (χ1n) is 11.1. The van der Waals surface area contributed by atoms with Crippen molar-refractivity contribution in [3.63, 3.8) is 0 Å². The quantitative estimate of drug-likeness (QED) is 0.286. The van der Waals surface area contributed by atoms with Crippen LogP contribution < -0.4 is 14.8 Å². The molecule has 0 aliphatic rings. The second kappa shape index (κ2) is 12.8. The van der Waals surface area contributed by atoms with Crippen molar-refractivity contribution in [1.29, 1.82) is 0 Å². The third-order valence-electron chi connectivity index (χ3n) is 4.69. The molecule has 1 amide bonds. The number of carbonyl (C=O) groups excluding carboxylic acids is 3. The number of rotatable bonds is 12. The zero-order valence-corrected chi connectivity index (χ0v) is 19.0. The standard InChI is InChI=1S/C27H27NO6/c1-2-18-32-22-12-8-20(9-13-22)25(29)16-17-27(31)33-19-26(30)28-21-10-14-24(15-11-21)34-23-6-4-3-5-7-23/h3-15H,2,16-19H2,1H3,(H,28,30). The lowest BCUT2D eigenvalue weighted by atomic mass is 10.1. The van der Waals surface area contributed by atoms with Crippen LogP contribution in [0.25, 0.3) is 0 Å². The summed E-state index contributed by atoms with van der Waals surface area (Å²) >= 11 is 0. The van der Waals surface area contributed by atoms with Crippen LogP contribution in [0.1, 0.15) is 36.5 Å². The van der Waals surface area contributed by atoms with E-state index in [0.29, 0.717) is 35.1 Å². The Balaban J connectivity index is 1.36. The van der Waals surface area contributed by atoms with Gasteiger partial charge in [-0.15, -0.1) is 0 Å². The van der Waals surface area contributed by atoms with E-state index in [4.69, 9.17) is 14.2 Å². The molecule has 0 fully saturated rings. The molecule has 1 N–H and O–H groups in total. The van der Waals surface area contributed by atoms with Crippen LogP contribution >= 0.6 is 0 Å². The van der Waals surface area contributed by atoms with Gasteiger partial charge in [-0.1, -0.05) is 25.1 Å². The van der Waals surface area contributed by atoms with Crippen molar-refractivity contribution in [2.75, 3.05) is 18.5 Å². The maximum Gasteiger partial charge on any atom is 0.306 e. The number of anilines is 1. The van der Waals surface area contributed by atoms with Crippen LogP contribution in [0.15, 0.2) is 78.9 Å². The molecular formula is C27H27NO6. The molecule has 34 heavy (non-hydrogen) atoms. The highest BCUT2D eigenvalue weighted by Gasteiger charge is 2.12. The van der Waals surface area contributed by atoms with E-state index in [1.54, 1.807) is 48.5 Å². The number of esters is 1. The maximum atomic E-state index is 12.3. The zero-order valence-electron chi connectivity index (χ0n) is 19.0. The number of hydrogen-bond acceptors (Lipinski definition) is 6. The molecule has 0 spiro atoms. The smallest absolute Gasteiger partial charge is 0.306 e. The minimum atomic E-state index is -0.613. The van der Waals surface area contributed by atoms with Gasteiger partial charge in [0.2, 0.25) is 0 Å². The Morgan fingerprint density at radius 2 is 1.41 bits per heavy atom. The first kappa shape index (κ1) is 24.5. The molecule has 0 bridgehead atoms. The topological polar surface area (TPSA) is 90.9 Å². The van der Waals surface area contributed by atoms with Gasteiger partial charge in [0, 0.05) is 17.7 Å². The first-order valence-corrected chi connectivity index (χ1v) is 11.1. The summed E-state index contributed by atoms with van der Waals surface area (Å²) in [5, 5.41) is 2.65. The number of hydrogen-bond donors (Lipinski definition) is 1. The van der Waals surface area contributed by atoms with Crippen LogP contribution in [0.3, 0.4) is 0 Å². The highest BCUT2D eigenvalue weighted by Crippen LogP contribution is 2.22. The van der Waals surface area contributed by atoms with Crippen LogP contribution in [-0.2, 0) is 14.3 Å². The molecule has 7 heteroatoms. The first-order chi connectivity index (χ1) is 16.5. The van der Waals surface area contributed by atoms with Gasteiger partial charge in [-0.05, 0) is 67.1 Å². The Bertz CT molecular complexity index is 1080. The number of Topliss-reactive ketones (excluding diaryl/α,β-unsaturated/α-hetero) is 1. The number of para-hydroxylation sites is 1. The van der Waals surface area contributed by atoms with Gasteiger partial charge in [-0.3, -0.25) is 14.4 Å². The van der Waals surface area contributed by atoms with Crippen molar-refractivity contribution in [3.8, 4) is 17.2 Å². The SMILES string of the molecule is CCCOc1ccc(C(=O)CCC(=O)OCC(=O)Nc2ccc(Oc3ccccc3)cc2)cc1. The molecule has 3 aromatic carbocycles. The Morgan fingerprint density at radius 3 is 2.09 bits per heavy atom. The molecule has 0 atom stereocenters. The fourth-order valence-electron chi connectivity index (χ4n) is 2.96. The van der Waals surface area contributed by atoms with Crippen LogP contribution in [0.2, 0.25) is 0 Å². The van der Waals surface area contributed by atoms with Crippen molar-refractivity contribution in [1.82, 2.24) is 0 Å². The van der Waals surface area contributed by atoms with Gasteiger partial charge in [0.1, 0.15) is 17.2 Å². The van der Waals surface area contributed by atoms with Crippen LogP contribution in [0.4, 0.5) is 5.69 Å². The summed E-state index contributed by atoms with van der Waals surface area (Å²) in [6, 6.07) is 23.0. The van der Waals surface area contributed by atoms with Crippen molar-refractivity contribution < 1.29 is 28.6 Å². The highest BCUT2D eigenvalue weighted by molar-refractivity contribution is 5.98. The van der Waals surface area contributed by atoms with E-state index in [1.807, 2.05) is 37.3 Å². The van der Waals surface area contributed by atoms with Gasteiger partial charge >= 0.3 is 5.97 Å². The van der Waals surface area contributed by atoms with Crippen molar-refractivity contribution >= 4 is 23.3 Å². The summed E-state index contributed by atoms with van der Waals surface area (Å²) in [6.45, 7) is 2.19. The van der Waals surface area contributed by atoms with Crippen molar-refractivity contribution in [3.05, 3.63) is 84.4 Å². The monoisotopic (exact) mass is 461 g/mol. The molecule has 0 unspecified atom stereocenters. The third kappa shape index (κ3) is 8.09. The van der Waals surface area contributed by atoms with E-state index >= 15 is 0 Å². The third-order valence-corrected chi connectivity index (χ3v) is 4.69. The average Bonchev–Trinajstić information content (AvgIpc) is 2.87. The molecule has 0 aromatic heterocycles. The minimum absolute atomic E-state index is 0.00150. The summed E-state index contributed by atoms with van der Waals surface area (Å²) in [6.07, 6.45) is 0.793. The molecule has 0 aliphatic heterocycles. The fourth-order valence-corrected chi connectivity index (χ4v) is 2.96. The highest BCUT2D eigenvalue weighted by atomic mass is 16.5. The van der Waals surface area contributed by atoms with Crippen LogP contribution in [0, 0.1) is 0 Å². The van der Waals surface area contributed by atoms with Crippen molar-refractivity contribution in [2.24, 2.45) is 0 Å². The van der Waals surface area contributed by atoms with Crippen LogP contribution in [0.5, 0.6) is 17.2 Å². The Hall–Kier alpha value is -4.13. The average molecular weight is 462 g/mol. The second-order valence-electron chi connectivity index (χ2n) is 7.44. The molecule has 0 saturated heterocycles. The molecule has 7 nitrogen and oxygen atoms in total. The van der Waals surface area contributed by atoms with Gasteiger partial charge in [0.15, 0.2) is 12.4 Å². The molecule has 0 radical (unpaired) electrons. The Kier molecular flexibility index (Phi) is 9.22. The normalized spacial score (nSPS) is 10.3. The number of ether oxygens (including phenoxy) is 3. The summed E-state index contributed by atoms with van der Waals surface area (Å²) in [5.74, 6) is 0.770. The summed E-state index contributed by atoms with van der Waals surface area (Å²) in [5.41, 5.74) is 1.04. The second-order valence-corrected chi connectivity index (χ2v) is 7.44. The molecule has 176 valence electrons. The van der Waals surface area contributed by atoms with Crippen LogP contribution in [-0.4, -0.2) is 30.9 Å². The van der Waals surface area contributed by atoms with E-state index in [0.717, 1.165) is 6.42 Å². The Labute approximate surface area is 198 Å². The molecule has 0 aliphatic carbocycles. The van der Waals surface area contributed by atoms with E-state index in [9.17, 15) is 14.4 Å². The molecule has 0 heterocycles. The zero-order chi connectivity index (χ0) is 24.2. The molecule has 3 rings (SSSR count). The predicted molar refractivity (Wildman–Crippen MR) is 128 cm³/mol. The van der Waals surface area contributed by atoms with Gasteiger partial charge < -0.3 is 19.5 Å². The summed E-state index contributed by atoms with van der Waals surface area (Å²) in [4.78, 5) is 36.3. The van der Waals surface area contributed by atoms with Gasteiger partial charge in [-0.25, -0.2) is 0 Å². The summed E-state index contributed by atoms with van der Waals surface area (Å²) in [7, 11) is 0. The van der Waals surface area contributed by atoms with E-state index in [2.05, 4.69) is 5.32 Å². The molecule has 3 aromatic rings. The largest absolute Gasteiger partial charge is 0.494 e. The predicted octanol–water partition coefficient (Wildman–Crippen LogP) is 5.41. The minimum Gasteiger partial charge on any atom is -0.494 e. The lowest BCUT2D eigenvalue weighted by Gasteiger charge is -2.09. The maximum absolute atomic E-state index is 12.3. The Morgan fingerprint density at radius 1 is 0.765 bits per heavy atom. The van der Waals surface area contributed by atoms with E-state index in [1.165, 1.54) is 0 Å². The van der Waals surface area contributed by atoms with E-state index < -0.39 is 18.5 Å². The van der Waals surface area contributed by atoms with Gasteiger partial charge in [0.25, 0.3) is 5.91 Å². The number of amides is 1. The number of ketones is 1. The summed E-state index contributed by atoms with van der Waals surface area (Å²) < 4.78 is 16.2. The lowest BCUT2D eigenvalue weighted by Crippen LogP contribution is -2.21. The fraction of sp³-hybridized carbons (Fsp3) is 0.222. The number of nitrogens with one attached hydrogen (secondary N) is 1. The molecular weight excluding hydrogens is 434 g/mol. The lowest BCUT2D eigenvalue weighted by molar-refractivity contribution is -0.147. The number of benzene rings is 3.